The number of pyridine rings is 2. The van der Waals surface area contributed by atoms with Crippen LogP contribution >= 0.6 is 11.6 Å². The lowest BCUT2D eigenvalue weighted by atomic mass is 9.83. The van der Waals surface area contributed by atoms with Gasteiger partial charge >= 0.3 is 5.97 Å². The van der Waals surface area contributed by atoms with Crippen LogP contribution in [-0.2, 0) is 39.5 Å². The summed E-state index contributed by atoms with van der Waals surface area (Å²) in [7, 11) is 0. The second-order valence-corrected chi connectivity index (χ2v) is 11.3. The van der Waals surface area contributed by atoms with E-state index in [1.807, 2.05) is 0 Å². The van der Waals surface area contributed by atoms with Crippen LogP contribution in [0.25, 0.3) is 22.3 Å². The molecule has 0 radical (unpaired) electrons. The molecule has 1 saturated carbocycles. The molecule has 11 heteroatoms. The average molecular weight is 554 g/mol. The number of ether oxygens (including phenoxy) is 1. The Labute approximate surface area is 226 Å². The number of esters is 1. The van der Waals surface area contributed by atoms with Crippen LogP contribution in [0.5, 0.6) is 0 Å². The zero-order valence-corrected chi connectivity index (χ0v) is 21.8. The van der Waals surface area contributed by atoms with E-state index in [2.05, 4.69) is 5.32 Å². The minimum absolute atomic E-state index is 0.0000971. The van der Waals surface area contributed by atoms with Crippen molar-refractivity contribution in [2.45, 2.75) is 69.9 Å². The maximum absolute atomic E-state index is 14.9. The molecule has 0 saturated heterocycles. The summed E-state index contributed by atoms with van der Waals surface area (Å²) in [6, 6.07) is 2.32. The first-order chi connectivity index (χ1) is 18.6. The van der Waals surface area contributed by atoms with E-state index in [1.165, 1.54) is 10.6 Å². The van der Waals surface area contributed by atoms with Crippen LogP contribution in [-0.4, -0.2) is 37.7 Å². The van der Waals surface area contributed by atoms with Crippen LogP contribution < -0.4 is 10.9 Å². The third kappa shape index (κ3) is 3.38. The van der Waals surface area contributed by atoms with Crippen LogP contribution in [0.3, 0.4) is 0 Å². The van der Waals surface area contributed by atoms with E-state index in [9.17, 15) is 29.0 Å². The van der Waals surface area contributed by atoms with Crippen molar-refractivity contribution < 1.29 is 28.9 Å². The van der Waals surface area contributed by atoms with Gasteiger partial charge in [-0.1, -0.05) is 18.5 Å². The minimum atomic E-state index is -1.97. The second-order valence-electron chi connectivity index (χ2n) is 10.9. The molecule has 202 valence electrons. The summed E-state index contributed by atoms with van der Waals surface area (Å²) in [5.41, 5.74) is 1.06. The molecule has 1 amide bonds. The molecule has 2 aliphatic carbocycles. The number of aliphatic hydroxyl groups excluding tert-OH is 1. The molecule has 39 heavy (non-hydrogen) atoms. The Hall–Kier alpha value is -3.34. The van der Waals surface area contributed by atoms with Gasteiger partial charge < -0.3 is 24.8 Å². The fourth-order valence-electron chi connectivity index (χ4n) is 6.38. The molecule has 4 heterocycles. The van der Waals surface area contributed by atoms with Gasteiger partial charge in [0, 0.05) is 22.6 Å². The highest BCUT2D eigenvalue weighted by Crippen LogP contribution is 2.47. The van der Waals surface area contributed by atoms with Gasteiger partial charge in [0.15, 0.2) is 5.60 Å². The third-order valence-corrected chi connectivity index (χ3v) is 9.10. The van der Waals surface area contributed by atoms with Crippen molar-refractivity contribution in [3.05, 3.63) is 61.1 Å². The van der Waals surface area contributed by atoms with Gasteiger partial charge in [-0.2, -0.15) is 0 Å². The average Bonchev–Trinajstić information content (AvgIpc) is 3.71. The van der Waals surface area contributed by atoms with E-state index in [0.717, 1.165) is 12.8 Å². The number of benzene rings is 1. The maximum Gasteiger partial charge on any atom is 0.343 e. The first-order valence-electron chi connectivity index (χ1n) is 13.1. The third-order valence-electron chi connectivity index (χ3n) is 8.70. The van der Waals surface area contributed by atoms with Crippen LogP contribution in [0.15, 0.2) is 16.9 Å². The molecule has 9 nitrogen and oxygen atoms in total. The van der Waals surface area contributed by atoms with Gasteiger partial charge in [-0.3, -0.25) is 9.59 Å². The molecule has 3 aromatic rings. The van der Waals surface area contributed by atoms with Crippen LogP contribution in [0.2, 0.25) is 5.02 Å². The molecule has 0 unspecified atom stereocenters. The fraction of sp³-hybridized carbons (Fsp3) is 0.429. The number of hydrogen-bond donors (Lipinski definition) is 3. The number of nitrogens with zero attached hydrogens (tertiary/aromatic N) is 2. The van der Waals surface area contributed by atoms with Crippen LogP contribution in [0, 0.1) is 11.7 Å². The van der Waals surface area contributed by atoms with E-state index < -0.39 is 41.0 Å². The topological polar surface area (TPSA) is 131 Å². The van der Waals surface area contributed by atoms with E-state index in [4.69, 9.17) is 21.3 Å². The number of aliphatic hydroxyl groups is 2. The van der Waals surface area contributed by atoms with E-state index in [0.29, 0.717) is 51.8 Å². The molecule has 2 aliphatic heterocycles. The van der Waals surface area contributed by atoms with Crippen molar-refractivity contribution in [1.82, 2.24) is 14.9 Å². The monoisotopic (exact) mass is 553 g/mol. The smallest absolute Gasteiger partial charge is 0.343 e. The summed E-state index contributed by atoms with van der Waals surface area (Å²) in [4.78, 5) is 43.8. The Balaban J connectivity index is 1.46. The van der Waals surface area contributed by atoms with Gasteiger partial charge in [-0.05, 0) is 55.2 Å². The van der Waals surface area contributed by atoms with Gasteiger partial charge in [0.25, 0.3) is 5.56 Å². The second kappa shape index (κ2) is 8.33. The predicted octanol–water partition coefficient (Wildman–Crippen LogP) is 2.75. The molecule has 7 rings (SSSR count). The number of rotatable bonds is 4. The van der Waals surface area contributed by atoms with Gasteiger partial charge in [0.2, 0.25) is 5.91 Å². The maximum atomic E-state index is 14.9. The highest BCUT2D eigenvalue weighted by atomic mass is 35.5. The summed E-state index contributed by atoms with van der Waals surface area (Å²) in [6.07, 6.45) is 1.31. The summed E-state index contributed by atoms with van der Waals surface area (Å²) in [6.45, 7) is 1.50. The van der Waals surface area contributed by atoms with Gasteiger partial charge in [0.05, 0.1) is 40.1 Å². The molecule has 2 aromatic heterocycles. The van der Waals surface area contributed by atoms with Crippen LogP contribution in [0.4, 0.5) is 4.39 Å². The quantitative estimate of drug-likeness (QED) is 0.331. The predicted molar refractivity (Wildman–Crippen MR) is 137 cm³/mol. The Kier molecular flexibility index (Phi) is 5.27. The number of carbonyl (C=O) groups excluding carboxylic acids is 2. The molecule has 4 aliphatic rings. The number of aromatic nitrogens is 2. The number of nitrogens with one attached hydrogen (secondary N) is 1. The number of hydrogen-bond acceptors (Lipinski definition) is 7. The zero-order chi connectivity index (χ0) is 27.4. The van der Waals surface area contributed by atoms with Crippen molar-refractivity contribution in [3.63, 3.8) is 0 Å². The van der Waals surface area contributed by atoms with Crippen molar-refractivity contribution in [2.75, 3.05) is 0 Å². The normalized spacial score (nSPS) is 23.6. The number of halogens is 2. The minimum Gasteiger partial charge on any atom is -0.458 e. The number of cyclic esters (lactones) is 1. The highest BCUT2D eigenvalue weighted by Gasteiger charge is 2.46. The standard InChI is InChI=1S/C28H25ClFN3O6/c1-2-28(38)15-7-19-23-13(9-33(19)26(36)14(15)10-39-27(28)37)21-17(32-25(35)24(34)11-3-4-11)6-5-12-20(21)18(31-23)8-16(30)22(12)29/h7-8,11,17,24,34,38H,2-6,9-10H2,1H3,(H,32,35)/t17-,24+,28+/m1/s1. The molecule has 1 aromatic carbocycles. The molecule has 1 fully saturated rings. The lowest BCUT2D eigenvalue weighted by Gasteiger charge is -2.31. The molecular weight excluding hydrogens is 529 g/mol. The molecular formula is C28H25ClFN3O6. The van der Waals surface area contributed by atoms with Gasteiger partial charge in [0.1, 0.15) is 18.5 Å². The van der Waals surface area contributed by atoms with E-state index in [1.54, 1.807) is 13.0 Å². The molecule has 0 spiro atoms. The largest absolute Gasteiger partial charge is 0.458 e. The van der Waals surface area contributed by atoms with E-state index in [-0.39, 0.29) is 41.6 Å². The zero-order valence-electron chi connectivity index (χ0n) is 21.0. The Morgan fingerprint density at radius 2 is 2.05 bits per heavy atom. The summed E-state index contributed by atoms with van der Waals surface area (Å²) < 4.78 is 21.5. The molecule has 0 bridgehead atoms. The Morgan fingerprint density at radius 1 is 1.28 bits per heavy atom. The number of carbonyl (C=O) groups is 2. The fourth-order valence-corrected chi connectivity index (χ4v) is 6.63. The summed E-state index contributed by atoms with van der Waals surface area (Å²) >= 11 is 6.39. The van der Waals surface area contributed by atoms with Crippen LogP contribution in [0.1, 0.15) is 66.5 Å². The first kappa shape index (κ1) is 24.7. The van der Waals surface area contributed by atoms with Crippen molar-refractivity contribution in [1.29, 1.82) is 0 Å². The molecule has 3 N–H and O–H groups in total. The Bertz CT molecular complexity index is 1700. The van der Waals surface area contributed by atoms with Crippen molar-refractivity contribution in [2.24, 2.45) is 5.92 Å². The van der Waals surface area contributed by atoms with Gasteiger partial charge in [-0.15, -0.1) is 0 Å². The van der Waals surface area contributed by atoms with Crippen molar-refractivity contribution >= 4 is 34.4 Å². The highest BCUT2D eigenvalue weighted by molar-refractivity contribution is 6.32. The van der Waals surface area contributed by atoms with Crippen molar-refractivity contribution in [3.8, 4) is 11.4 Å². The Morgan fingerprint density at radius 3 is 2.77 bits per heavy atom. The lowest BCUT2D eigenvalue weighted by molar-refractivity contribution is -0.172. The first-order valence-corrected chi connectivity index (χ1v) is 13.5. The number of amides is 1. The lowest BCUT2D eigenvalue weighted by Crippen LogP contribution is -2.44. The van der Waals surface area contributed by atoms with Gasteiger partial charge in [-0.25, -0.2) is 14.2 Å². The summed E-state index contributed by atoms with van der Waals surface area (Å²) in [5, 5.41) is 25.2. The molecule has 3 atom stereocenters. The SMILES string of the molecule is CC[C@@]1(O)C(=O)OCc2c1cc1n(c2=O)Cc2c-1nc1cc(F)c(Cl)c3c1c2[C@H](NC(=O)[C@@H](O)C1CC1)CC3. The number of aryl methyl sites for hydroxylation is 1. The van der Waals surface area contributed by atoms with E-state index >= 15 is 0 Å². The number of fused-ring (bicyclic) bond motifs is 5. The summed E-state index contributed by atoms with van der Waals surface area (Å²) in [5.74, 6) is -1.96.